The molecule has 2 aliphatic heterocycles. The van der Waals surface area contributed by atoms with E-state index >= 15 is 0 Å². The second-order valence-corrected chi connectivity index (χ2v) is 6.29. The number of methoxy groups -OCH3 is 1. The van der Waals surface area contributed by atoms with E-state index in [-0.39, 0.29) is 17.9 Å². The molecule has 0 saturated heterocycles. The van der Waals surface area contributed by atoms with Crippen LogP contribution in [0.15, 0.2) is 24.3 Å². The van der Waals surface area contributed by atoms with Crippen LogP contribution in [0.2, 0.25) is 0 Å². The number of hydrogen-bond acceptors (Lipinski definition) is 4. The zero-order valence-corrected chi connectivity index (χ0v) is 12.4. The van der Waals surface area contributed by atoms with Crippen molar-refractivity contribution in [3.8, 4) is 11.5 Å². The van der Waals surface area contributed by atoms with Crippen molar-refractivity contribution in [1.29, 1.82) is 0 Å². The van der Waals surface area contributed by atoms with Gasteiger partial charge in [0, 0.05) is 18.5 Å². The fourth-order valence-corrected chi connectivity index (χ4v) is 3.96. The molecule has 1 aliphatic carbocycles. The number of nitrogens with zero attached hydrogens (tertiary/aromatic N) is 1. The van der Waals surface area contributed by atoms with Gasteiger partial charge in [-0.25, -0.2) is 0 Å². The quantitative estimate of drug-likeness (QED) is 0.801. The van der Waals surface area contributed by atoms with Crippen LogP contribution in [0, 0.1) is 0 Å². The van der Waals surface area contributed by atoms with Crippen LogP contribution in [0.1, 0.15) is 25.3 Å². The molecule has 0 bridgehead atoms. The highest BCUT2D eigenvalue weighted by Gasteiger charge is 2.52. The van der Waals surface area contributed by atoms with Crippen LogP contribution in [0.5, 0.6) is 11.5 Å². The maximum absolute atomic E-state index is 10.1. The first-order valence-corrected chi connectivity index (χ1v) is 7.43. The Bertz CT molecular complexity index is 658. The molecule has 0 fully saturated rings. The highest BCUT2D eigenvalue weighted by atomic mass is 16.5. The largest absolute Gasteiger partial charge is 0.493 e. The molecule has 1 aromatic carbocycles. The molecule has 1 spiro atoms. The number of aliphatic hydroxyl groups is 1. The molecule has 1 N–H and O–H groups in total. The summed E-state index contributed by atoms with van der Waals surface area (Å²) in [7, 11) is 3.77. The molecule has 0 radical (unpaired) electrons. The summed E-state index contributed by atoms with van der Waals surface area (Å²) in [5.74, 6) is 1.53. The minimum absolute atomic E-state index is 0.212. The molecular formula is C17H21NO3. The highest BCUT2D eigenvalue weighted by Crippen LogP contribution is 2.55. The van der Waals surface area contributed by atoms with Crippen molar-refractivity contribution in [3.63, 3.8) is 0 Å². The third-order valence-corrected chi connectivity index (χ3v) is 5.04. The van der Waals surface area contributed by atoms with Crippen LogP contribution in [-0.4, -0.2) is 42.9 Å². The molecule has 3 atom stereocenters. The monoisotopic (exact) mass is 288 g/mol. The lowest BCUT2D eigenvalue weighted by molar-refractivity contribution is 0.0821. The van der Waals surface area contributed by atoms with Crippen LogP contribution in [0.4, 0.5) is 0 Å². The molecule has 112 valence electrons. The summed E-state index contributed by atoms with van der Waals surface area (Å²) in [6, 6.07) is 4.07. The normalized spacial score (nSPS) is 38.0. The van der Waals surface area contributed by atoms with Gasteiger partial charge in [-0.15, -0.1) is 0 Å². The van der Waals surface area contributed by atoms with E-state index in [0.29, 0.717) is 0 Å². The Balaban J connectivity index is 1.95. The number of rotatable bonds is 1. The van der Waals surface area contributed by atoms with Crippen molar-refractivity contribution in [3.05, 3.63) is 35.4 Å². The molecule has 0 aromatic heterocycles. The van der Waals surface area contributed by atoms with Crippen LogP contribution in [0.25, 0.3) is 0 Å². The maximum atomic E-state index is 10.1. The van der Waals surface area contributed by atoms with E-state index < -0.39 is 6.08 Å². The van der Waals surface area contributed by atoms with Gasteiger partial charge in [-0.3, -0.25) is 0 Å². The Morgan fingerprint density at radius 1 is 1.52 bits per heavy atom. The minimum Gasteiger partial charge on any atom is -0.493 e. The molecule has 21 heavy (non-hydrogen) atoms. The van der Waals surface area contributed by atoms with Crippen molar-refractivity contribution < 1.29 is 16.0 Å². The Morgan fingerprint density at radius 2 is 2.38 bits per heavy atom. The molecule has 0 saturated carbocycles. The summed E-state index contributed by atoms with van der Waals surface area (Å²) in [6.45, 7) is 1.83. The van der Waals surface area contributed by atoms with Gasteiger partial charge >= 0.3 is 0 Å². The van der Waals surface area contributed by atoms with Gasteiger partial charge in [0.2, 0.25) is 0 Å². The summed E-state index contributed by atoms with van der Waals surface area (Å²) < 4.78 is 19.6. The fourth-order valence-electron chi connectivity index (χ4n) is 3.96. The second-order valence-electron chi connectivity index (χ2n) is 6.29. The first-order chi connectivity index (χ1) is 10.5. The van der Waals surface area contributed by atoms with Crippen LogP contribution in [0.3, 0.4) is 0 Å². The molecule has 4 rings (SSSR count). The molecule has 0 unspecified atom stereocenters. The predicted molar refractivity (Wildman–Crippen MR) is 79.8 cm³/mol. The minimum atomic E-state index is -1.55. The maximum Gasteiger partial charge on any atom is 0.166 e. The van der Waals surface area contributed by atoms with Crippen molar-refractivity contribution in [2.75, 3.05) is 20.7 Å². The second kappa shape index (κ2) is 4.49. The lowest BCUT2D eigenvalue weighted by Gasteiger charge is -2.35. The Labute approximate surface area is 126 Å². The average molecular weight is 288 g/mol. The zero-order chi connectivity index (χ0) is 15.5. The van der Waals surface area contributed by atoms with E-state index in [1.165, 1.54) is 11.1 Å². The molecule has 0 amide bonds. The Kier molecular flexibility index (Phi) is 2.58. The summed E-state index contributed by atoms with van der Waals surface area (Å²) in [4.78, 5) is 2.31. The van der Waals surface area contributed by atoms with Gasteiger partial charge in [0.25, 0.3) is 0 Å². The smallest absolute Gasteiger partial charge is 0.166 e. The molecule has 4 heteroatoms. The fraction of sp³-hybridized carbons (Fsp3) is 0.529. The van der Waals surface area contributed by atoms with Gasteiger partial charge in [-0.1, -0.05) is 18.2 Å². The number of ether oxygens (including phenoxy) is 2. The van der Waals surface area contributed by atoms with E-state index in [1.807, 2.05) is 12.1 Å². The van der Waals surface area contributed by atoms with Gasteiger partial charge in [0.15, 0.2) is 11.5 Å². The van der Waals surface area contributed by atoms with E-state index in [1.54, 1.807) is 13.2 Å². The standard InChI is InChI=1S/C17H21NO3/c1-18-8-7-17-6-5-12(19)9-14(17)21-16-13(20-2)4-3-11(10-18)15(16)17/h3-6,12,14,19H,7-10H2,1-2H3/t12-,14-,17-/m0/s1/i12D. The van der Waals surface area contributed by atoms with Gasteiger partial charge < -0.3 is 19.5 Å². The lowest BCUT2D eigenvalue weighted by Crippen LogP contribution is -2.42. The van der Waals surface area contributed by atoms with Gasteiger partial charge in [-0.2, -0.15) is 0 Å². The topological polar surface area (TPSA) is 41.9 Å². The van der Waals surface area contributed by atoms with Crippen LogP contribution >= 0.6 is 0 Å². The highest BCUT2D eigenvalue weighted by molar-refractivity contribution is 5.60. The first kappa shape index (κ1) is 12.1. The SMILES string of the molecule is [2H][C@]1(O)C=C[C@@]23CCN(C)Cc4ccc(OC)c(c42)O[C@H]3C1. The third-order valence-electron chi connectivity index (χ3n) is 5.04. The zero-order valence-electron chi connectivity index (χ0n) is 13.4. The lowest BCUT2D eigenvalue weighted by atomic mass is 9.69. The summed E-state index contributed by atoms with van der Waals surface area (Å²) in [6.07, 6.45) is 3.07. The molecule has 3 aliphatic rings. The average Bonchev–Trinajstić information content (AvgIpc) is 2.71. The van der Waals surface area contributed by atoms with E-state index in [0.717, 1.165) is 31.0 Å². The predicted octanol–water partition coefficient (Wildman–Crippen LogP) is 1.85. The number of benzene rings is 1. The summed E-state index contributed by atoms with van der Waals surface area (Å²) >= 11 is 0. The van der Waals surface area contributed by atoms with Gasteiger partial charge in [-0.05, 0) is 31.6 Å². The summed E-state index contributed by atoms with van der Waals surface area (Å²) in [5.41, 5.74) is 2.18. The van der Waals surface area contributed by atoms with Crippen LogP contribution in [-0.2, 0) is 12.0 Å². The first-order valence-electron chi connectivity index (χ1n) is 7.93. The Morgan fingerprint density at radius 3 is 3.19 bits per heavy atom. The van der Waals surface area contributed by atoms with Crippen LogP contribution < -0.4 is 9.47 Å². The van der Waals surface area contributed by atoms with E-state index in [2.05, 4.69) is 18.0 Å². The van der Waals surface area contributed by atoms with Crippen molar-refractivity contribution in [2.45, 2.75) is 37.0 Å². The van der Waals surface area contributed by atoms with Crippen molar-refractivity contribution >= 4 is 0 Å². The van der Waals surface area contributed by atoms with Crippen molar-refractivity contribution in [2.24, 2.45) is 0 Å². The molecular weight excluding hydrogens is 266 g/mol. The van der Waals surface area contributed by atoms with Gasteiger partial charge in [0.1, 0.15) is 6.10 Å². The molecule has 4 nitrogen and oxygen atoms in total. The van der Waals surface area contributed by atoms with Crippen molar-refractivity contribution in [1.82, 2.24) is 4.90 Å². The van der Waals surface area contributed by atoms with E-state index in [4.69, 9.17) is 10.8 Å². The molecule has 1 aromatic rings. The number of hydrogen-bond donors (Lipinski definition) is 1. The Hall–Kier alpha value is -1.52. The third kappa shape index (κ3) is 1.75. The van der Waals surface area contributed by atoms with E-state index in [9.17, 15) is 5.11 Å². The van der Waals surface area contributed by atoms with Gasteiger partial charge in [0.05, 0.1) is 20.0 Å². The summed E-state index contributed by atoms with van der Waals surface area (Å²) in [5, 5.41) is 10.1. The molecule has 2 heterocycles.